The van der Waals surface area contributed by atoms with Crippen LogP contribution in [0.3, 0.4) is 0 Å². The number of carbonyl (C=O) groups is 2. The normalized spacial score (nSPS) is 27.0. The van der Waals surface area contributed by atoms with Gasteiger partial charge in [0.05, 0.1) is 12.2 Å². The van der Waals surface area contributed by atoms with Gasteiger partial charge in [-0.1, -0.05) is 23.7 Å². The van der Waals surface area contributed by atoms with Crippen molar-refractivity contribution in [3.05, 3.63) is 46.7 Å². The molecule has 8 heteroatoms. The molecular formula is C19H21ClN4O3. The van der Waals surface area contributed by atoms with Crippen LogP contribution in [0, 0.1) is 17.8 Å². The summed E-state index contributed by atoms with van der Waals surface area (Å²) in [6, 6.07) is 7.25. The highest BCUT2D eigenvalue weighted by Gasteiger charge is 2.59. The molecule has 27 heavy (non-hydrogen) atoms. The van der Waals surface area contributed by atoms with E-state index in [1.165, 1.54) is 6.20 Å². The third-order valence-electron chi connectivity index (χ3n) is 5.92. The molecule has 3 atom stereocenters. The van der Waals surface area contributed by atoms with E-state index in [4.69, 9.17) is 16.7 Å². The summed E-state index contributed by atoms with van der Waals surface area (Å²) >= 11 is 5.88. The van der Waals surface area contributed by atoms with Crippen LogP contribution in [0.5, 0.6) is 0 Å². The van der Waals surface area contributed by atoms with Gasteiger partial charge in [0, 0.05) is 16.6 Å². The van der Waals surface area contributed by atoms with Crippen LogP contribution in [0.25, 0.3) is 0 Å². The van der Waals surface area contributed by atoms with Gasteiger partial charge in [0.2, 0.25) is 0 Å². The van der Waals surface area contributed by atoms with E-state index in [0.29, 0.717) is 28.3 Å². The van der Waals surface area contributed by atoms with Crippen LogP contribution in [0.2, 0.25) is 5.02 Å². The fourth-order valence-electron chi connectivity index (χ4n) is 4.55. The first-order valence-electron chi connectivity index (χ1n) is 9.19. The minimum atomic E-state index is -1.06. The lowest BCUT2D eigenvalue weighted by Crippen LogP contribution is -2.37. The minimum Gasteiger partial charge on any atom is -0.476 e. The Morgan fingerprint density at radius 3 is 2.52 bits per heavy atom. The number of aromatic carboxylic acids is 1. The number of halogens is 1. The van der Waals surface area contributed by atoms with Gasteiger partial charge in [-0.15, -0.1) is 5.10 Å². The molecule has 1 aromatic carbocycles. The van der Waals surface area contributed by atoms with E-state index in [0.717, 1.165) is 19.3 Å². The highest BCUT2D eigenvalue weighted by atomic mass is 35.5. The maximum Gasteiger partial charge on any atom is 0.358 e. The topological polar surface area (TPSA) is 97.1 Å². The smallest absolute Gasteiger partial charge is 0.358 e. The van der Waals surface area contributed by atoms with Gasteiger partial charge in [-0.3, -0.25) is 4.79 Å². The summed E-state index contributed by atoms with van der Waals surface area (Å²) in [5, 5.41) is 20.4. The SMILES string of the molecule is CCC(NC(=O)c1ccc(Cl)cc1)C1C2CC(n3cc(C(=O)O)nn3)CC21. The first kappa shape index (κ1) is 18.0. The molecular weight excluding hydrogens is 368 g/mol. The van der Waals surface area contributed by atoms with Gasteiger partial charge in [-0.05, 0) is 61.3 Å². The summed E-state index contributed by atoms with van der Waals surface area (Å²) in [5.74, 6) is 0.441. The summed E-state index contributed by atoms with van der Waals surface area (Å²) < 4.78 is 1.68. The van der Waals surface area contributed by atoms with Gasteiger partial charge in [0.1, 0.15) is 0 Å². The van der Waals surface area contributed by atoms with Crippen molar-refractivity contribution in [1.29, 1.82) is 0 Å². The number of carboxylic acid groups (broad SMARTS) is 1. The number of fused-ring (bicyclic) bond motifs is 1. The van der Waals surface area contributed by atoms with Crippen LogP contribution in [-0.4, -0.2) is 38.0 Å². The summed E-state index contributed by atoms with van der Waals surface area (Å²) in [6.45, 7) is 2.09. The van der Waals surface area contributed by atoms with Crippen molar-refractivity contribution >= 4 is 23.5 Å². The lowest BCUT2D eigenvalue weighted by molar-refractivity contribution is 0.0690. The van der Waals surface area contributed by atoms with Gasteiger partial charge in [-0.2, -0.15) is 0 Å². The van der Waals surface area contributed by atoms with Gasteiger partial charge < -0.3 is 10.4 Å². The van der Waals surface area contributed by atoms with Crippen LogP contribution in [0.1, 0.15) is 53.1 Å². The molecule has 142 valence electrons. The van der Waals surface area contributed by atoms with Crippen LogP contribution in [-0.2, 0) is 0 Å². The van der Waals surface area contributed by atoms with E-state index in [2.05, 4.69) is 22.6 Å². The number of nitrogens with one attached hydrogen (secondary N) is 1. The summed E-state index contributed by atoms with van der Waals surface area (Å²) in [6.07, 6.45) is 4.29. The van der Waals surface area contributed by atoms with Crippen LogP contribution in [0.15, 0.2) is 30.5 Å². The van der Waals surface area contributed by atoms with E-state index in [1.807, 2.05) is 0 Å². The zero-order valence-corrected chi connectivity index (χ0v) is 15.6. The van der Waals surface area contributed by atoms with Crippen molar-refractivity contribution in [1.82, 2.24) is 20.3 Å². The predicted octanol–water partition coefficient (Wildman–Crippen LogP) is 3.04. The Morgan fingerprint density at radius 1 is 1.30 bits per heavy atom. The molecule has 2 aliphatic rings. The standard InChI is InChI=1S/C19H21ClN4O3/c1-2-15(21-18(25)10-3-5-11(20)6-4-10)17-13-7-12(8-14(13)17)24-9-16(19(26)27)22-23-24/h3-6,9,12-15,17H,2,7-8H2,1H3,(H,21,25)(H,26,27). The lowest BCUT2D eigenvalue weighted by Gasteiger charge is -2.21. The van der Waals surface area contributed by atoms with Crippen molar-refractivity contribution in [3.63, 3.8) is 0 Å². The number of hydrogen-bond acceptors (Lipinski definition) is 4. The summed E-state index contributed by atoms with van der Waals surface area (Å²) in [4.78, 5) is 23.5. The van der Waals surface area contributed by atoms with Crippen molar-refractivity contribution < 1.29 is 14.7 Å². The largest absolute Gasteiger partial charge is 0.476 e. The molecule has 2 saturated carbocycles. The minimum absolute atomic E-state index is 0.0196. The Kier molecular flexibility index (Phi) is 4.63. The van der Waals surface area contributed by atoms with E-state index in [-0.39, 0.29) is 23.7 Å². The van der Waals surface area contributed by atoms with Crippen molar-refractivity contribution in [2.45, 2.75) is 38.3 Å². The van der Waals surface area contributed by atoms with E-state index >= 15 is 0 Å². The number of amides is 1. The number of hydrogen-bond donors (Lipinski definition) is 2. The van der Waals surface area contributed by atoms with Gasteiger partial charge in [0.15, 0.2) is 5.69 Å². The molecule has 1 aromatic heterocycles. The predicted molar refractivity (Wildman–Crippen MR) is 98.7 cm³/mol. The second-order valence-corrected chi connectivity index (χ2v) is 7.85. The maximum absolute atomic E-state index is 12.5. The van der Waals surface area contributed by atoms with E-state index < -0.39 is 5.97 Å². The average Bonchev–Trinajstić information content (AvgIpc) is 3.05. The Morgan fingerprint density at radius 2 is 1.96 bits per heavy atom. The third kappa shape index (κ3) is 3.43. The molecule has 7 nitrogen and oxygen atoms in total. The van der Waals surface area contributed by atoms with Crippen molar-refractivity contribution in [3.8, 4) is 0 Å². The zero-order valence-electron chi connectivity index (χ0n) is 14.9. The van der Waals surface area contributed by atoms with Crippen molar-refractivity contribution in [2.24, 2.45) is 17.8 Å². The first-order chi connectivity index (χ1) is 13.0. The van der Waals surface area contributed by atoms with E-state index in [1.54, 1.807) is 28.9 Å². The molecule has 2 aliphatic carbocycles. The van der Waals surface area contributed by atoms with Crippen LogP contribution < -0.4 is 5.32 Å². The fourth-order valence-corrected chi connectivity index (χ4v) is 4.68. The van der Waals surface area contributed by atoms with Crippen LogP contribution in [0.4, 0.5) is 0 Å². The Bertz CT molecular complexity index is 854. The number of aromatic nitrogens is 3. The first-order valence-corrected chi connectivity index (χ1v) is 9.57. The number of carbonyl (C=O) groups excluding carboxylic acids is 1. The quantitative estimate of drug-likeness (QED) is 0.792. The Balaban J connectivity index is 1.36. The third-order valence-corrected chi connectivity index (χ3v) is 6.17. The summed E-state index contributed by atoms with van der Waals surface area (Å²) in [5.41, 5.74) is 0.596. The maximum atomic E-state index is 12.5. The monoisotopic (exact) mass is 388 g/mol. The molecule has 4 rings (SSSR count). The van der Waals surface area contributed by atoms with Gasteiger partial charge in [-0.25, -0.2) is 9.48 Å². The zero-order chi connectivity index (χ0) is 19.1. The molecule has 3 unspecified atom stereocenters. The molecule has 2 aromatic rings. The number of nitrogens with zero attached hydrogens (tertiary/aromatic N) is 3. The second kappa shape index (κ2) is 6.96. The highest BCUT2D eigenvalue weighted by molar-refractivity contribution is 6.30. The Labute approximate surface area is 161 Å². The molecule has 1 heterocycles. The number of rotatable bonds is 6. The number of carboxylic acids is 1. The van der Waals surface area contributed by atoms with E-state index in [9.17, 15) is 9.59 Å². The molecule has 0 spiro atoms. The molecule has 2 fully saturated rings. The molecule has 0 bridgehead atoms. The van der Waals surface area contributed by atoms with Crippen molar-refractivity contribution in [2.75, 3.05) is 0 Å². The van der Waals surface area contributed by atoms with Gasteiger partial charge in [0.25, 0.3) is 5.91 Å². The molecule has 0 radical (unpaired) electrons. The summed E-state index contributed by atoms with van der Waals surface area (Å²) in [7, 11) is 0. The molecule has 0 saturated heterocycles. The molecule has 1 amide bonds. The fraction of sp³-hybridized carbons (Fsp3) is 0.474. The van der Waals surface area contributed by atoms with Crippen LogP contribution >= 0.6 is 11.6 Å². The molecule has 0 aliphatic heterocycles. The second-order valence-electron chi connectivity index (χ2n) is 7.41. The average molecular weight is 389 g/mol. The highest BCUT2D eigenvalue weighted by Crippen LogP contribution is 2.62. The Hall–Kier alpha value is -2.41. The van der Waals surface area contributed by atoms with Gasteiger partial charge >= 0.3 is 5.97 Å². The molecule has 2 N–H and O–H groups in total. The number of benzene rings is 1. The lowest BCUT2D eigenvalue weighted by atomic mass is 9.99.